The van der Waals surface area contributed by atoms with Gasteiger partial charge in [-0.3, -0.25) is 4.79 Å². The Morgan fingerprint density at radius 3 is 2.37 bits per heavy atom. The summed E-state index contributed by atoms with van der Waals surface area (Å²) in [6.45, 7) is 12.4. The molecule has 0 unspecified atom stereocenters. The minimum absolute atomic E-state index is 0.233. The molecule has 0 bridgehead atoms. The van der Waals surface area contributed by atoms with Gasteiger partial charge in [0.25, 0.3) is 0 Å². The molecule has 0 saturated heterocycles. The predicted octanol–water partition coefficient (Wildman–Crippen LogP) is 7.30. The number of hydrogen-bond acceptors (Lipinski definition) is 2. The molecule has 4 aliphatic rings. The maximum Gasteiger partial charge on any atom is 0.136 e. The van der Waals surface area contributed by atoms with Crippen LogP contribution in [0, 0.1) is 52.3 Å². The summed E-state index contributed by atoms with van der Waals surface area (Å²) >= 11 is 0. The number of ketones is 1. The Kier molecular flexibility index (Phi) is 6.48. The van der Waals surface area contributed by atoms with Crippen LogP contribution in [-0.4, -0.2) is 19.0 Å². The highest BCUT2D eigenvalue weighted by atomic mass is 16.5. The zero-order valence-corrected chi connectivity index (χ0v) is 20.7. The quantitative estimate of drug-likeness (QED) is 0.454. The molecule has 0 heterocycles. The van der Waals surface area contributed by atoms with Gasteiger partial charge in [-0.25, -0.2) is 0 Å². The molecule has 4 aliphatic carbocycles. The lowest BCUT2D eigenvalue weighted by Gasteiger charge is -2.60. The Bertz CT molecular complexity index is 626. The van der Waals surface area contributed by atoms with E-state index in [-0.39, 0.29) is 11.3 Å². The number of Topliss-reactive ketones (excluding diaryl/α,β-unsaturated/α-hetero) is 1. The minimum Gasteiger partial charge on any atom is -0.381 e. The van der Waals surface area contributed by atoms with Gasteiger partial charge >= 0.3 is 0 Å². The van der Waals surface area contributed by atoms with Gasteiger partial charge in [0.1, 0.15) is 5.78 Å². The van der Waals surface area contributed by atoms with Crippen LogP contribution in [0.3, 0.4) is 0 Å². The topological polar surface area (TPSA) is 26.3 Å². The molecule has 0 amide bonds. The van der Waals surface area contributed by atoms with E-state index in [0.717, 1.165) is 48.9 Å². The first kappa shape index (κ1) is 22.8. The summed E-state index contributed by atoms with van der Waals surface area (Å²) in [6, 6.07) is 0. The SMILES string of the molecule is CO[C@H]1CC[C@@]2(C)[C@H](C1)C(=O)C[C@@H]1[C@@H]2CC[C@]2(C)[C@@H]([C@H](C)CCCC(C)C)CC[C@@H]12. The lowest BCUT2D eigenvalue weighted by molar-refractivity contribution is -0.161. The molecule has 0 N–H and O–H groups in total. The molecule has 2 nitrogen and oxygen atoms in total. The molecule has 0 radical (unpaired) electrons. The smallest absolute Gasteiger partial charge is 0.136 e. The summed E-state index contributed by atoms with van der Waals surface area (Å²) < 4.78 is 5.69. The number of hydrogen-bond donors (Lipinski definition) is 0. The summed E-state index contributed by atoms with van der Waals surface area (Å²) in [7, 11) is 1.83. The lowest BCUT2D eigenvalue weighted by atomic mass is 9.44. The van der Waals surface area contributed by atoms with Gasteiger partial charge in [-0.1, -0.05) is 53.9 Å². The summed E-state index contributed by atoms with van der Waals surface area (Å²) in [5.41, 5.74) is 0.711. The van der Waals surface area contributed by atoms with Gasteiger partial charge in [0.05, 0.1) is 6.10 Å². The number of methoxy groups -OCH3 is 1. The van der Waals surface area contributed by atoms with Gasteiger partial charge < -0.3 is 4.74 Å². The molecule has 0 aromatic rings. The van der Waals surface area contributed by atoms with Crippen molar-refractivity contribution in [1.29, 1.82) is 0 Å². The summed E-state index contributed by atoms with van der Waals surface area (Å²) in [4.78, 5) is 13.4. The van der Waals surface area contributed by atoms with E-state index in [4.69, 9.17) is 4.74 Å². The number of rotatable bonds is 6. The van der Waals surface area contributed by atoms with Crippen molar-refractivity contribution in [2.75, 3.05) is 7.11 Å². The second-order valence-electron chi connectivity index (χ2n) is 12.8. The molecule has 0 aromatic heterocycles. The van der Waals surface area contributed by atoms with Crippen LogP contribution in [0.4, 0.5) is 0 Å². The summed E-state index contributed by atoms with van der Waals surface area (Å²) in [6.07, 6.45) is 14.2. The average Bonchev–Trinajstić information content (AvgIpc) is 3.05. The largest absolute Gasteiger partial charge is 0.381 e. The van der Waals surface area contributed by atoms with Crippen molar-refractivity contribution < 1.29 is 9.53 Å². The molecule has 4 saturated carbocycles. The van der Waals surface area contributed by atoms with Gasteiger partial charge in [-0.05, 0) is 91.3 Å². The average molecular weight is 417 g/mol. The maximum absolute atomic E-state index is 13.4. The number of fused-ring (bicyclic) bond motifs is 5. The molecule has 4 fully saturated rings. The van der Waals surface area contributed by atoms with Gasteiger partial charge in [-0.2, -0.15) is 0 Å². The third-order valence-corrected chi connectivity index (χ3v) is 10.9. The first-order valence-electron chi connectivity index (χ1n) is 13.3. The number of ether oxygens (including phenoxy) is 1. The monoisotopic (exact) mass is 416 g/mol. The molecule has 2 heteroatoms. The molecule has 4 rings (SSSR count). The Balaban J connectivity index is 1.50. The third-order valence-electron chi connectivity index (χ3n) is 10.9. The van der Waals surface area contributed by atoms with E-state index in [0.29, 0.717) is 23.2 Å². The normalized spacial score (nSPS) is 47.0. The maximum atomic E-state index is 13.4. The van der Waals surface area contributed by atoms with Crippen molar-refractivity contribution in [1.82, 2.24) is 0 Å². The van der Waals surface area contributed by atoms with E-state index in [2.05, 4.69) is 34.6 Å². The number of carbonyl (C=O) groups is 1. The molecule has 9 atom stereocenters. The summed E-state index contributed by atoms with van der Waals surface area (Å²) in [5.74, 6) is 5.60. The standard InChI is InChI=1S/C28H48O2/c1-18(2)8-7-9-19(3)22-10-11-23-21-17-26(29)25-16-20(30-6)12-14-28(25,5)24(21)13-15-27(22,23)4/h18-25H,7-17H2,1-6H3/t19-,20+,21+,22-,23+,24+,25-,27-,28-/m1/s1. The van der Waals surface area contributed by atoms with E-state index in [1.165, 1.54) is 51.4 Å². The highest BCUT2D eigenvalue weighted by Crippen LogP contribution is 2.67. The van der Waals surface area contributed by atoms with E-state index in [1.807, 2.05) is 7.11 Å². The van der Waals surface area contributed by atoms with Crippen molar-refractivity contribution >= 4 is 5.78 Å². The first-order valence-corrected chi connectivity index (χ1v) is 13.3. The van der Waals surface area contributed by atoms with Gasteiger partial charge in [-0.15, -0.1) is 0 Å². The van der Waals surface area contributed by atoms with Gasteiger partial charge in [0.15, 0.2) is 0 Å². The molecular weight excluding hydrogens is 368 g/mol. The fraction of sp³-hybridized carbons (Fsp3) is 0.964. The molecular formula is C28H48O2. The molecule has 0 aromatic carbocycles. The van der Waals surface area contributed by atoms with Crippen LogP contribution in [0.1, 0.15) is 105 Å². The van der Waals surface area contributed by atoms with Crippen molar-refractivity contribution in [3.05, 3.63) is 0 Å². The molecule has 0 aliphatic heterocycles. The van der Waals surface area contributed by atoms with Crippen LogP contribution in [0.2, 0.25) is 0 Å². The van der Waals surface area contributed by atoms with E-state index >= 15 is 0 Å². The summed E-state index contributed by atoms with van der Waals surface area (Å²) in [5, 5.41) is 0. The van der Waals surface area contributed by atoms with Crippen molar-refractivity contribution in [3.8, 4) is 0 Å². The Labute approximate surface area is 186 Å². The van der Waals surface area contributed by atoms with Crippen LogP contribution in [0.25, 0.3) is 0 Å². The van der Waals surface area contributed by atoms with E-state index in [1.54, 1.807) is 0 Å². The van der Waals surface area contributed by atoms with E-state index in [9.17, 15) is 4.79 Å². The molecule has 30 heavy (non-hydrogen) atoms. The van der Waals surface area contributed by atoms with Crippen LogP contribution < -0.4 is 0 Å². The van der Waals surface area contributed by atoms with Crippen LogP contribution in [0.5, 0.6) is 0 Å². The van der Waals surface area contributed by atoms with Crippen LogP contribution in [-0.2, 0) is 9.53 Å². The predicted molar refractivity (Wildman–Crippen MR) is 124 cm³/mol. The Hall–Kier alpha value is -0.370. The Morgan fingerprint density at radius 1 is 0.967 bits per heavy atom. The highest BCUT2D eigenvalue weighted by molar-refractivity contribution is 5.83. The second-order valence-corrected chi connectivity index (χ2v) is 12.8. The van der Waals surface area contributed by atoms with E-state index < -0.39 is 0 Å². The van der Waals surface area contributed by atoms with Crippen LogP contribution >= 0.6 is 0 Å². The van der Waals surface area contributed by atoms with Crippen LogP contribution in [0.15, 0.2) is 0 Å². The zero-order valence-electron chi connectivity index (χ0n) is 20.7. The zero-order chi connectivity index (χ0) is 21.7. The first-order chi connectivity index (χ1) is 14.2. The number of carbonyl (C=O) groups excluding carboxylic acids is 1. The van der Waals surface area contributed by atoms with Gasteiger partial charge in [0.2, 0.25) is 0 Å². The van der Waals surface area contributed by atoms with Crippen molar-refractivity contribution in [2.24, 2.45) is 52.3 Å². The third kappa shape index (κ3) is 3.71. The lowest BCUT2D eigenvalue weighted by Crippen LogP contribution is -2.57. The molecule has 0 spiro atoms. The molecule has 172 valence electrons. The minimum atomic E-state index is 0.233. The fourth-order valence-electron chi connectivity index (χ4n) is 9.24. The van der Waals surface area contributed by atoms with Gasteiger partial charge in [0, 0.05) is 19.4 Å². The fourth-order valence-corrected chi connectivity index (χ4v) is 9.24. The highest BCUT2D eigenvalue weighted by Gasteiger charge is 2.62. The second kappa shape index (κ2) is 8.53. The van der Waals surface area contributed by atoms with Crippen molar-refractivity contribution in [3.63, 3.8) is 0 Å². The Morgan fingerprint density at radius 2 is 1.67 bits per heavy atom. The van der Waals surface area contributed by atoms with Crippen molar-refractivity contribution in [2.45, 2.75) is 111 Å².